The van der Waals surface area contributed by atoms with Gasteiger partial charge in [-0.3, -0.25) is 9.59 Å². The first-order valence-corrected chi connectivity index (χ1v) is 8.12. The Morgan fingerprint density at radius 1 is 1.07 bits per heavy atom. The van der Waals surface area contributed by atoms with Gasteiger partial charge in [-0.25, -0.2) is 4.39 Å². The summed E-state index contributed by atoms with van der Waals surface area (Å²) in [6, 6.07) is 9.55. The van der Waals surface area contributed by atoms with E-state index in [-0.39, 0.29) is 16.9 Å². The third-order valence-electron chi connectivity index (χ3n) is 4.53. The first kappa shape index (κ1) is 18.4. The quantitative estimate of drug-likeness (QED) is 0.508. The lowest BCUT2D eigenvalue weighted by Crippen LogP contribution is -2.25. The molecule has 140 valence electrons. The number of ketones is 1. The lowest BCUT2D eigenvalue weighted by molar-refractivity contribution is -0.139. The molecule has 3 rings (SSSR count). The number of amides is 1. The number of methoxy groups -OCH3 is 2. The SMILES string of the molecule is COc1ccc(F)cc1/C(O)=C1\C(=O)C(=O)N(C)C1c1ccccc1OC. The molecule has 1 unspecified atom stereocenters. The average molecular weight is 371 g/mol. The van der Waals surface area contributed by atoms with E-state index >= 15 is 0 Å². The van der Waals surface area contributed by atoms with Crippen LogP contribution in [-0.4, -0.2) is 43.0 Å². The largest absolute Gasteiger partial charge is 0.507 e. The number of para-hydroxylation sites is 1. The van der Waals surface area contributed by atoms with E-state index in [0.717, 1.165) is 6.07 Å². The van der Waals surface area contributed by atoms with Crippen molar-refractivity contribution in [3.05, 3.63) is 65.0 Å². The number of hydrogen-bond donors (Lipinski definition) is 1. The molecular weight excluding hydrogens is 353 g/mol. The van der Waals surface area contributed by atoms with Gasteiger partial charge in [-0.05, 0) is 24.3 Å². The number of likely N-dealkylation sites (N-methyl/N-ethyl adjacent to an activating group) is 1. The maximum Gasteiger partial charge on any atom is 0.295 e. The summed E-state index contributed by atoms with van der Waals surface area (Å²) in [4.78, 5) is 26.2. The van der Waals surface area contributed by atoms with Crippen molar-refractivity contribution in [2.24, 2.45) is 0 Å². The molecule has 1 atom stereocenters. The van der Waals surface area contributed by atoms with E-state index in [0.29, 0.717) is 11.3 Å². The van der Waals surface area contributed by atoms with Crippen molar-refractivity contribution in [2.45, 2.75) is 6.04 Å². The van der Waals surface area contributed by atoms with Crippen LogP contribution in [0, 0.1) is 5.82 Å². The molecule has 0 radical (unpaired) electrons. The Morgan fingerprint density at radius 2 is 1.74 bits per heavy atom. The molecule has 0 saturated carbocycles. The standard InChI is InChI=1S/C20H18FNO5/c1-22-17(12-6-4-5-7-14(12)26-2)16(19(24)20(22)25)18(23)13-10-11(21)8-9-15(13)27-3/h4-10,17,23H,1-3H3/b18-16+. The number of aliphatic hydroxyl groups is 1. The van der Waals surface area contributed by atoms with E-state index in [1.54, 1.807) is 24.3 Å². The Hall–Kier alpha value is -3.35. The van der Waals surface area contributed by atoms with E-state index in [4.69, 9.17) is 9.47 Å². The van der Waals surface area contributed by atoms with Crippen LogP contribution < -0.4 is 9.47 Å². The van der Waals surface area contributed by atoms with Crippen LogP contribution in [-0.2, 0) is 9.59 Å². The van der Waals surface area contributed by atoms with Crippen LogP contribution in [0.2, 0.25) is 0 Å². The predicted octanol–water partition coefficient (Wildman–Crippen LogP) is 2.89. The zero-order valence-electron chi connectivity index (χ0n) is 15.0. The van der Waals surface area contributed by atoms with Crippen molar-refractivity contribution in [1.82, 2.24) is 4.90 Å². The summed E-state index contributed by atoms with van der Waals surface area (Å²) < 4.78 is 24.2. The normalized spacial score (nSPS) is 18.7. The lowest BCUT2D eigenvalue weighted by atomic mass is 9.94. The van der Waals surface area contributed by atoms with Crippen LogP contribution in [0.15, 0.2) is 48.0 Å². The molecule has 0 spiro atoms. The molecule has 1 N–H and O–H groups in total. The third kappa shape index (κ3) is 3.01. The number of ether oxygens (including phenoxy) is 2. The van der Waals surface area contributed by atoms with E-state index in [9.17, 15) is 19.1 Å². The van der Waals surface area contributed by atoms with E-state index < -0.39 is 29.3 Å². The van der Waals surface area contributed by atoms with Crippen LogP contribution in [0.1, 0.15) is 17.2 Å². The molecule has 0 aliphatic carbocycles. The maximum atomic E-state index is 13.7. The average Bonchev–Trinajstić information content (AvgIpc) is 2.91. The van der Waals surface area contributed by atoms with Crippen molar-refractivity contribution in [1.29, 1.82) is 0 Å². The first-order chi connectivity index (χ1) is 12.9. The molecule has 27 heavy (non-hydrogen) atoms. The zero-order chi connectivity index (χ0) is 19.7. The summed E-state index contributed by atoms with van der Waals surface area (Å²) in [7, 11) is 4.29. The number of hydrogen-bond acceptors (Lipinski definition) is 5. The van der Waals surface area contributed by atoms with Gasteiger partial charge in [0.15, 0.2) is 0 Å². The van der Waals surface area contributed by atoms with Gasteiger partial charge in [-0.2, -0.15) is 0 Å². The molecular formula is C20H18FNO5. The van der Waals surface area contributed by atoms with E-state index in [2.05, 4.69) is 0 Å². The summed E-state index contributed by atoms with van der Waals surface area (Å²) in [5.74, 6) is -2.13. The third-order valence-corrected chi connectivity index (χ3v) is 4.53. The Balaban J connectivity index is 2.27. The molecule has 6 nitrogen and oxygen atoms in total. The Kier molecular flexibility index (Phi) is 4.85. The molecule has 1 fully saturated rings. The molecule has 7 heteroatoms. The summed E-state index contributed by atoms with van der Waals surface area (Å²) in [6.07, 6.45) is 0. The highest BCUT2D eigenvalue weighted by molar-refractivity contribution is 6.46. The van der Waals surface area contributed by atoms with Gasteiger partial charge in [-0.1, -0.05) is 18.2 Å². The van der Waals surface area contributed by atoms with Crippen molar-refractivity contribution in [2.75, 3.05) is 21.3 Å². The lowest BCUT2D eigenvalue weighted by Gasteiger charge is -2.23. The Labute approximate surface area is 155 Å². The van der Waals surface area contributed by atoms with Crippen molar-refractivity contribution < 1.29 is 28.6 Å². The number of aliphatic hydroxyl groups excluding tert-OH is 1. The van der Waals surface area contributed by atoms with Gasteiger partial charge in [0.25, 0.3) is 11.7 Å². The highest BCUT2D eigenvalue weighted by Gasteiger charge is 2.45. The number of Topliss-reactive ketones (excluding diaryl/α,β-unsaturated/α-hetero) is 1. The van der Waals surface area contributed by atoms with Crippen LogP contribution in [0.5, 0.6) is 11.5 Å². The maximum absolute atomic E-state index is 13.7. The van der Waals surface area contributed by atoms with E-state index in [1.807, 2.05) is 0 Å². The second kappa shape index (κ2) is 7.11. The molecule has 1 saturated heterocycles. The first-order valence-electron chi connectivity index (χ1n) is 8.12. The highest BCUT2D eigenvalue weighted by atomic mass is 19.1. The Bertz CT molecular complexity index is 953. The van der Waals surface area contributed by atoms with Gasteiger partial charge in [-0.15, -0.1) is 0 Å². The second-order valence-corrected chi connectivity index (χ2v) is 6.00. The smallest absolute Gasteiger partial charge is 0.295 e. The molecule has 1 aliphatic heterocycles. The van der Waals surface area contributed by atoms with Gasteiger partial charge in [0.1, 0.15) is 23.1 Å². The topological polar surface area (TPSA) is 76.1 Å². The minimum Gasteiger partial charge on any atom is -0.507 e. The molecule has 2 aromatic rings. The van der Waals surface area contributed by atoms with E-state index in [1.165, 1.54) is 38.3 Å². The number of benzene rings is 2. The summed E-state index contributed by atoms with van der Waals surface area (Å²) in [5, 5.41) is 10.9. The van der Waals surface area contributed by atoms with Crippen molar-refractivity contribution >= 4 is 17.4 Å². The summed E-state index contributed by atoms with van der Waals surface area (Å²) in [5.41, 5.74) is 0.360. The number of rotatable bonds is 4. The van der Waals surface area contributed by atoms with Gasteiger partial charge in [0, 0.05) is 12.6 Å². The van der Waals surface area contributed by atoms with Gasteiger partial charge >= 0.3 is 0 Å². The molecule has 2 aromatic carbocycles. The molecule has 0 bridgehead atoms. The Morgan fingerprint density at radius 3 is 2.41 bits per heavy atom. The number of carbonyl (C=O) groups excluding carboxylic acids is 2. The fourth-order valence-corrected chi connectivity index (χ4v) is 3.21. The van der Waals surface area contributed by atoms with Gasteiger partial charge < -0.3 is 19.5 Å². The van der Waals surface area contributed by atoms with Gasteiger partial charge in [0.05, 0.1) is 31.4 Å². The number of nitrogens with zero attached hydrogens (tertiary/aromatic N) is 1. The van der Waals surface area contributed by atoms with Gasteiger partial charge in [0.2, 0.25) is 0 Å². The molecule has 1 aliphatic rings. The summed E-state index contributed by atoms with van der Waals surface area (Å²) in [6.45, 7) is 0. The summed E-state index contributed by atoms with van der Waals surface area (Å²) >= 11 is 0. The zero-order valence-corrected chi connectivity index (χ0v) is 15.0. The molecule has 1 heterocycles. The molecule has 0 aromatic heterocycles. The van der Waals surface area contributed by atoms with Crippen LogP contribution in [0.4, 0.5) is 4.39 Å². The number of likely N-dealkylation sites (tertiary alicyclic amines) is 1. The predicted molar refractivity (Wildman–Crippen MR) is 96.0 cm³/mol. The monoisotopic (exact) mass is 371 g/mol. The fraction of sp³-hybridized carbons (Fsp3) is 0.200. The van der Waals surface area contributed by atoms with Crippen molar-refractivity contribution in [3.63, 3.8) is 0 Å². The minimum absolute atomic E-state index is 0.0103. The number of carbonyl (C=O) groups is 2. The highest BCUT2D eigenvalue weighted by Crippen LogP contribution is 2.42. The number of halogens is 1. The van der Waals surface area contributed by atoms with Crippen LogP contribution in [0.25, 0.3) is 5.76 Å². The van der Waals surface area contributed by atoms with Crippen LogP contribution in [0.3, 0.4) is 0 Å². The fourth-order valence-electron chi connectivity index (χ4n) is 3.21. The second-order valence-electron chi connectivity index (χ2n) is 6.00. The van der Waals surface area contributed by atoms with Crippen molar-refractivity contribution in [3.8, 4) is 11.5 Å². The molecule has 1 amide bonds. The minimum atomic E-state index is -0.880. The van der Waals surface area contributed by atoms with Crippen LogP contribution >= 0.6 is 0 Å².